The van der Waals surface area contributed by atoms with E-state index >= 15 is 0 Å². The van der Waals surface area contributed by atoms with Gasteiger partial charge in [0, 0.05) is 26.2 Å². The van der Waals surface area contributed by atoms with Crippen LogP contribution in [0.5, 0.6) is 5.75 Å². The summed E-state index contributed by atoms with van der Waals surface area (Å²) >= 11 is 0. The number of aromatic hydroxyl groups is 1. The van der Waals surface area contributed by atoms with Crippen molar-refractivity contribution in [2.75, 3.05) is 18.9 Å². The van der Waals surface area contributed by atoms with Crippen LogP contribution in [0.25, 0.3) is 11.1 Å². The Morgan fingerprint density at radius 2 is 1.91 bits per heavy atom. The SMILES string of the molecule is CNc1cc(-c2ccc(CNC(=O)C3CCCN3C(=O)Cc3cc(C)no3)cc2)ccc1O. The number of nitrogens with zero attached hydrogens (tertiary/aromatic N) is 2. The molecule has 0 saturated carbocycles. The number of aryl methyl sites for hydroxylation is 1. The van der Waals surface area contributed by atoms with Gasteiger partial charge < -0.3 is 25.2 Å². The summed E-state index contributed by atoms with van der Waals surface area (Å²) in [6.45, 7) is 2.76. The van der Waals surface area contributed by atoms with Crippen molar-refractivity contribution in [1.29, 1.82) is 0 Å². The van der Waals surface area contributed by atoms with Gasteiger partial charge in [0.2, 0.25) is 11.8 Å². The Labute approximate surface area is 192 Å². The zero-order valence-corrected chi connectivity index (χ0v) is 18.8. The lowest BCUT2D eigenvalue weighted by atomic mass is 10.0. The van der Waals surface area contributed by atoms with E-state index < -0.39 is 6.04 Å². The molecule has 8 nitrogen and oxygen atoms in total. The second kappa shape index (κ2) is 9.77. The Morgan fingerprint density at radius 3 is 2.61 bits per heavy atom. The normalized spacial score (nSPS) is 15.5. The molecule has 3 N–H and O–H groups in total. The van der Waals surface area contributed by atoms with E-state index in [0.29, 0.717) is 31.0 Å². The zero-order valence-electron chi connectivity index (χ0n) is 18.8. The predicted octanol–water partition coefficient (Wildman–Crippen LogP) is 3.25. The van der Waals surface area contributed by atoms with Crippen molar-refractivity contribution in [2.45, 2.75) is 38.8 Å². The number of anilines is 1. The zero-order chi connectivity index (χ0) is 23.4. The maximum Gasteiger partial charge on any atom is 0.243 e. The van der Waals surface area contributed by atoms with E-state index in [-0.39, 0.29) is 24.0 Å². The van der Waals surface area contributed by atoms with Crippen molar-refractivity contribution in [3.63, 3.8) is 0 Å². The Hall–Kier alpha value is -3.81. The van der Waals surface area contributed by atoms with Crippen molar-refractivity contribution < 1.29 is 19.2 Å². The maximum atomic E-state index is 12.8. The molecule has 1 fully saturated rings. The number of benzene rings is 2. The monoisotopic (exact) mass is 448 g/mol. The molecule has 1 aliphatic heterocycles. The Morgan fingerprint density at radius 1 is 1.15 bits per heavy atom. The number of carbonyl (C=O) groups is 2. The molecule has 0 bridgehead atoms. The largest absolute Gasteiger partial charge is 0.506 e. The van der Waals surface area contributed by atoms with Gasteiger partial charge in [-0.3, -0.25) is 9.59 Å². The minimum Gasteiger partial charge on any atom is -0.506 e. The molecule has 2 heterocycles. The number of hydrogen-bond acceptors (Lipinski definition) is 6. The van der Waals surface area contributed by atoms with Crippen LogP contribution in [0.4, 0.5) is 5.69 Å². The predicted molar refractivity (Wildman–Crippen MR) is 125 cm³/mol. The molecular formula is C25H28N4O4. The fourth-order valence-electron chi connectivity index (χ4n) is 4.13. The second-order valence-corrected chi connectivity index (χ2v) is 8.25. The van der Waals surface area contributed by atoms with Crippen molar-refractivity contribution >= 4 is 17.5 Å². The van der Waals surface area contributed by atoms with E-state index in [4.69, 9.17) is 4.52 Å². The topological polar surface area (TPSA) is 108 Å². The highest BCUT2D eigenvalue weighted by Gasteiger charge is 2.34. The number of aromatic nitrogens is 1. The summed E-state index contributed by atoms with van der Waals surface area (Å²) < 4.78 is 5.14. The van der Waals surface area contributed by atoms with Crippen molar-refractivity contribution in [2.24, 2.45) is 0 Å². The van der Waals surface area contributed by atoms with Gasteiger partial charge in [-0.05, 0) is 48.6 Å². The number of hydrogen-bond donors (Lipinski definition) is 3. The van der Waals surface area contributed by atoms with E-state index in [2.05, 4.69) is 15.8 Å². The first kappa shape index (κ1) is 22.4. The van der Waals surface area contributed by atoms with Gasteiger partial charge in [-0.15, -0.1) is 0 Å². The van der Waals surface area contributed by atoms with Gasteiger partial charge in [0.25, 0.3) is 0 Å². The second-order valence-electron chi connectivity index (χ2n) is 8.25. The molecule has 1 saturated heterocycles. The average Bonchev–Trinajstić information content (AvgIpc) is 3.47. The first-order valence-electron chi connectivity index (χ1n) is 11.0. The lowest BCUT2D eigenvalue weighted by molar-refractivity contribution is -0.138. The van der Waals surface area contributed by atoms with Crippen molar-refractivity contribution in [1.82, 2.24) is 15.4 Å². The van der Waals surface area contributed by atoms with Gasteiger partial charge in [0.1, 0.15) is 17.6 Å². The van der Waals surface area contributed by atoms with Gasteiger partial charge >= 0.3 is 0 Å². The van der Waals surface area contributed by atoms with Gasteiger partial charge in [-0.2, -0.15) is 0 Å². The number of likely N-dealkylation sites (tertiary alicyclic amines) is 1. The molecule has 1 aromatic heterocycles. The van der Waals surface area contributed by atoms with Crippen LogP contribution < -0.4 is 10.6 Å². The molecule has 172 valence electrons. The maximum absolute atomic E-state index is 12.8. The Kier molecular flexibility index (Phi) is 6.63. The van der Waals surface area contributed by atoms with Gasteiger partial charge in [0.15, 0.2) is 0 Å². The molecule has 4 rings (SSSR count). The lowest BCUT2D eigenvalue weighted by Gasteiger charge is -2.23. The molecule has 2 amide bonds. The van der Waals surface area contributed by atoms with Crippen LogP contribution in [-0.4, -0.2) is 46.6 Å². The smallest absolute Gasteiger partial charge is 0.243 e. The summed E-state index contributed by atoms with van der Waals surface area (Å²) in [5, 5.41) is 19.6. The Balaban J connectivity index is 1.34. The van der Waals surface area contributed by atoms with Crippen LogP contribution >= 0.6 is 0 Å². The van der Waals surface area contributed by atoms with Crippen molar-refractivity contribution in [3.05, 3.63) is 65.5 Å². The summed E-state index contributed by atoms with van der Waals surface area (Å²) in [5.74, 6) is 0.453. The van der Waals surface area contributed by atoms with Crippen molar-refractivity contribution in [3.8, 4) is 16.9 Å². The van der Waals surface area contributed by atoms with E-state index in [1.165, 1.54) is 0 Å². The molecule has 2 aromatic carbocycles. The highest BCUT2D eigenvalue weighted by molar-refractivity contribution is 5.88. The van der Waals surface area contributed by atoms with E-state index in [1.54, 1.807) is 31.0 Å². The first-order chi connectivity index (χ1) is 15.9. The van der Waals surface area contributed by atoms with Crippen LogP contribution in [0.15, 0.2) is 53.1 Å². The third-order valence-corrected chi connectivity index (χ3v) is 5.90. The van der Waals surface area contributed by atoms with Crippen LogP contribution in [-0.2, 0) is 22.6 Å². The number of phenolic OH excluding ortho intramolecular Hbond substituents is 1. The number of rotatable bonds is 7. The standard InChI is InChI=1S/C25H28N4O4/c1-16-12-20(33-28-16)14-24(31)29-11-3-4-22(29)25(32)27-15-17-5-7-18(8-6-17)19-9-10-23(30)21(13-19)26-2/h5-10,12-13,22,26,30H,3-4,11,14-15H2,1-2H3,(H,27,32). The molecule has 1 aliphatic rings. The van der Waals surface area contributed by atoms with E-state index in [9.17, 15) is 14.7 Å². The summed E-state index contributed by atoms with van der Waals surface area (Å²) in [6, 6.07) is 14.6. The summed E-state index contributed by atoms with van der Waals surface area (Å²) in [5.41, 5.74) is 4.35. The van der Waals surface area contributed by atoms with Gasteiger partial charge in [-0.1, -0.05) is 35.5 Å². The summed E-state index contributed by atoms with van der Waals surface area (Å²) in [4.78, 5) is 27.1. The molecule has 1 unspecified atom stereocenters. The van der Waals surface area contributed by atoms with Gasteiger partial charge in [-0.25, -0.2) is 0 Å². The number of nitrogens with one attached hydrogen (secondary N) is 2. The number of carbonyl (C=O) groups excluding carboxylic acids is 2. The molecule has 3 aromatic rings. The first-order valence-corrected chi connectivity index (χ1v) is 11.0. The van der Waals surface area contributed by atoms with Crippen LogP contribution in [0.1, 0.15) is 29.9 Å². The molecule has 0 radical (unpaired) electrons. The molecule has 0 aliphatic carbocycles. The molecular weight excluding hydrogens is 420 g/mol. The molecule has 0 spiro atoms. The van der Waals surface area contributed by atoms with Crippen LogP contribution in [0, 0.1) is 6.92 Å². The quantitative estimate of drug-likeness (QED) is 0.479. The summed E-state index contributed by atoms with van der Waals surface area (Å²) in [7, 11) is 1.76. The average molecular weight is 449 g/mol. The molecule has 1 atom stereocenters. The third-order valence-electron chi connectivity index (χ3n) is 5.90. The number of amides is 2. The highest BCUT2D eigenvalue weighted by Crippen LogP contribution is 2.29. The van der Waals surface area contributed by atoms with Crippen LogP contribution in [0.2, 0.25) is 0 Å². The fourth-order valence-corrected chi connectivity index (χ4v) is 4.13. The summed E-state index contributed by atoms with van der Waals surface area (Å²) in [6.07, 6.45) is 1.56. The highest BCUT2D eigenvalue weighted by atomic mass is 16.5. The Bertz CT molecular complexity index is 1140. The van der Waals surface area contributed by atoms with Gasteiger partial charge in [0.05, 0.1) is 17.8 Å². The van der Waals surface area contributed by atoms with E-state index in [0.717, 1.165) is 28.8 Å². The minimum absolute atomic E-state index is 0.110. The number of phenols is 1. The lowest BCUT2D eigenvalue weighted by Crippen LogP contribution is -2.46. The van der Waals surface area contributed by atoms with Crippen LogP contribution in [0.3, 0.4) is 0 Å². The molecule has 8 heteroatoms. The minimum atomic E-state index is -0.460. The third kappa shape index (κ3) is 5.16. The molecule has 33 heavy (non-hydrogen) atoms. The fraction of sp³-hybridized carbons (Fsp3) is 0.320. The van der Waals surface area contributed by atoms with E-state index in [1.807, 2.05) is 36.4 Å².